The maximum absolute atomic E-state index is 6.26. The zero-order valence-corrected chi connectivity index (χ0v) is 22.5. The molecule has 2 spiro atoms. The van der Waals surface area contributed by atoms with E-state index >= 15 is 0 Å². The summed E-state index contributed by atoms with van der Waals surface area (Å²) in [4.78, 5) is 4.92. The topological polar surface area (TPSA) is 31.4 Å². The summed E-state index contributed by atoms with van der Waals surface area (Å²) < 4.78 is 12.5. The second kappa shape index (κ2) is 7.15. The van der Waals surface area contributed by atoms with Crippen LogP contribution in [0.25, 0.3) is 22.4 Å². The molecule has 1 aromatic heterocycles. The van der Waals surface area contributed by atoms with E-state index in [-0.39, 0.29) is 18.3 Å². The third-order valence-corrected chi connectivity index (χ3v) is 11.5. The van der Waals surface area contributed by atoms with E-state index < -0.39 is 0 Å². The average molecular weight is 489 g/mol. The second-order valence-electron chi connectivity index (χ2n) is 13.6. The van der Waals surface area contributed by atoms with Crippen molar-refractivity contribution in [3.05, 3.63) is 71.9 Å². The van der Waals surface area contributed by atoms with Crippen molar-refractivity contribution < 1.29 is 9.31 Å². The van der Waals surface area contributed by atoms with E-state index in [1.807, 2.05) is 6.20 Å². The van der Waals surface area contributed by atoms with Gasteiger partial charge in [-0.1, -0.05) is 48.9 Å². The molecule has 4 heteroatoms. The van der Waals surface area contributed by atoms with Gasteiger partial charge < -0.3 is 9.31 Å². The molecule has 5 aliphatic rings. The zero-order chi connectivity index (χ0) is 25.2. The Morgan fingerprint density at radius 2 is 1.68 bits per heavy atom. The highest BCUT2D eigenvalue weighted by Crippen LogP contribution is 2.77. The SMILES string of the molecule is CC1(C)OB(c2ccc(-c3ccc4c(c3)C3C5CCCC56CCC3(C6)c3ccccc3-4)nc2)OC1(C)C. The van der Waals surface area contributed by atoms with Gasteiger partial charge in [-0.2, -0.15) is 0 Å². The fourth-order valence-electron chi connectivity index (χ4n) is 9.13. The van der Waals surface area contributed by atoms with Gasteiger partial charge in [0, 0.05) is 22.6 Å². The lowest BCUT2D eigenvalue weighted by molar-refractivity contribution is 0.00578. The van der Waals surface area contributed by atoms with Gasteiger partial charge in [-0.05, 0) is 111 Å². The van der Waals surface area contributed by atoms with Gasteiger partial charge in [-0.3, -0.25) is 4.98 Å². The Morgan fingerprint density at radius 3 is 2.46 bits per heavy atom. The van der Waals surface area contributed by atoms with Crippen molar-refractivity contribution in [3.63, 3.8) is 0 Å². The maximum atomic E-state index is 6.26. The van der Waals surface area contributed by atoms with Gasteiger partial charge in [-0.15, -0.1) is 0 Å². The maximum Gasteiger partial charge on any atom is 0.496 e. The molecule has 188 valence electrons. The Morgan fingerprint density at radius 1 is 0.865 bits per heavy atom. The van der Waals surface area contributed by atoms with Crippen LogP contribution in [0.4, 0.5) is 0 Å². The zero-order valence-electron chi connectivity index (χ0n) is 22.5. The van der Waals surface area contributed by atoms with Crippen molar-refractivity contribution in [1.29, 1.82) is 0 Å². The van der Waals surface area contributed by atoms with Crippen LogP contribution in [0.15, 0.2) is 60.8 Å². The smallest absolute Gasteiger partial charge is 0.399 e. The molecule has 8 rings (SSSR count). The molecule has 0 amide bonds. The first-order valence-electron chi connectivity index (χ1n) is 14.3. The molecule has 2 aromatic carbocycles. The average Bonchev–Trinajstić information content (AvgIpc) is 3.60. The summed E-state index contributed by atoms with van der Waals surface area (Å²) in [5.74, 6) is 1.49. The van der Waals surface area contributed by atoms with Crippen molar-refractivity contribution in [3.8, 4) is 22.4 Å². The molecule has 3 aromatic rings. The first kappa shape index (κ1) is 22.5. The number of aromatic nitrogens is 1. The number of rotatable bonds is 2. The lowest BCUT2D eigenvalue weighted by atomic mass is 9.58. The Bertz CT molecular complexity index is 1410. The number of hydrogen-bond acceptors (Lipinski definition) is 3. The first-order valence-corrected chi connectivity index (χ1v) is 14.3. The van der Waals surface area contributed by atoms with Gasteiger partial charge in [0.1, 0.15) is 0 Å². The van der Waals surface area contributed by atoms with Crippen LogP contribution in [0, 0.1) is 11.3 Å². The third-order valence-electron chi connectivity index (χ3n) is 11.5. The molecule has 37 heavy (non-hydrogen) atoms. The highest BCUT2D eigenvalue weighted by Gasteiger charge is 2.68. The summed E-state index contributed by atoms with van der Waals surface area (Å²) in [6.07, 6.45) is 10.4. The van der Waals surface area contributed by atoms with E-state index in [0.717, 1.165) is 17.1 Å². The van der Waals surface area contributed by atoms with E-state index in [9.17, 15) is 0 Å². The largest absolute Gasteiger partial charge is 0.496 e. The lowest BCUT2D eigenvalue weighted by Gasteiger charge is -2.46. The van der Waals surface area contributed by atoms with Crippen LogP contribution in [0.1, 0.15) is 83.3 Å². The minimum atomic E-state index is -0.376. The van der Waals surface area contributed by atoms with Crippen LogP contribution in [-0.4, -0.2) is 23.3 Å². The minimum Gasteiger partial charge on any atom is -0.399 e. The Labute approximate surface area is 221 Å². The van der Waals surface area contributed by atoms with E-state index in [4.69, 9.17) is 14.3 Å². The quantitative estimate of drug-likeness (QED) is 0.362. The van der Waals surface area contributed by atoms with Gasteiger partial charge in [0.05, 0.1) is 16.9 Å². The molecule has 1 saturated heterocycles. The summed E-state index contributed by atoms with van der Waals surface area (Å²) in [6, 6.07) is 20.8. The fraction of sp³-hybridized carbons (Fsp3) is 0.485. The molecule has 1 aliphatic heterocycles. The summed E-state index contributed by atoms with van der Waals surface area (Å²) in [5, 5.41) is 0. The highest BCUT2D eigenvalue weighted by molar-refractivity contribution is 6.62. The standard InChI is InChI=1S/C33H36BNO2/c1-30(2)31(3,4)37-34(36-30)22-12-14-28(35-19-22)21-11-13-23-24-8-5-6-9-26(24)33-17-16-32(20-33)15-7-10-27(32)29(33)25(23)18-21/h5-6,8-9,11-14,18-19,27,29H,7,10,15-17,20H2,1-4H3. The summed E-state index contributed by atoms with van der Waals surface area (Å²) in [7, 11) is -0.376. The molecular weight excluding hydrogens is 453 g/mol. The molecule has 2 heterocycles. The predicted molar refractivity (Wildman–Crippen MR) is 149 cm³/mol. The number of pyridine rings is 1. The van der Waals surface area contributed by atoms with E-state index in [1.54, 1.807) is 11.1 Å². The number of nitrogens with zero attached hydrogens (tertiary/aromatic N) is 1. The Balaban J connectivity index is 1.20. The van der Waals surface area contributed by atoms with Gasteiger partial charge in [0.15, 0.2) is 0 Å². The molecule has 4 fully saturated rings. The summed E-state index contributed by atoms with van der Waals surface area (Å²) in [5.41, 5.74) is 9.61. The normalized spacial score (nSPS) is 33.7. The molecule has 3 saturated carbocycles. The second-order valence-corrected chi connectivity index (χ2v) is 13.6. The van der Waals surface area contributed by atoms with Gasteiger partial charge >= 0.3 is 7.12 Å². The van der Waals surface area contributed by atoms with Crippen LogP contribution in [0.3, 0.4) is 0 Å². The Hall–Kier alpha value is -2.43. The molecule has 0 radical (unpaired) electrons. The molecule has 4 atom stereocenters. The third kappa shape index (κ3) is 2.84. The number of fused-ring (bicyclic) bond motifs is 5. The van der Waals surface area contributed by atoms with Crippen molar-refractivity contribution in [2.24, 2.45) is 11.3 Å². The van der Waals surface area contributed by atoms with Crippen LogP contribution >= 0.6 is 0 Å². The van der Waals surface area contributed by atoms with Crippen LogP contribution in [-0.2, 0) is 14.7 Å². The van der Waals surface area contributed by atoms with Crippen molar-refractivity contribution in [2.75, 3.05) is 0 Å². The van der Waals surface area contributed by atoms with Crippen molar-refractivity contribution in [2.45, 2.75) is 88.8 Å². The first-order chi connectivity index (χ1) is 17.7. The van der Waals surface area contributed by atoms with Gasteiger partial charge in [0.25, 0.3) is 0 Å². The molecule has 0 N–H and O–H groups in total. The monoisotopic (exact) mass is 489 g/mol. The van der Waals surface area contributed by atoms with Crippen molar-refractivity contribution in [1.82, 2.24) is 4.98 Å². The van der Waals surface area contributed by atoms with E-state index in [0.29, 0.717) is 16.7 Å². The van der Waals surface area contributed by atoms with Crippen LogP contribution < -0.4 is 5.46 Å². The minimum absolute atomic E-state index is 0.335. The fourth-order valence-corrected chi connectivity index (χ4v) is 9.13. The summed E-state index contributed by atoms with van der Waals surface area (Å²) >= 11 is 0. The van der Waals surface area contributed by atoms with E-state index in [1.165, 1.54) is 55.2 Å². The highest BCUT2D eigenvalue weighted by atomic mass is 16.7. The van der Waals surface area contributed by atoms with E-state index in [2.05, 4.69) is 82.3 Å². The van der Waals surface area contributed by atoms with Gasteiger partial charge in [0.2, 0.25) is 0 Å². The van der Waals surface area contributed by atoms with Crippen molar-refractivity contribution >= 4 is 12.6 Å². The van der Waals surface area contributed by atoms with Crippen LogP contribution in [0.5, 0.6) is 0 Å². The molecule has 4 unspecified atom stereocenters. The molecule has 3 nitrogen and oxygen atoms in total. The lowest BCUT2D eigenvalue weighted by Crippen LogP contribution is -2.41. The molecule has 4 aliphatic carbocycles. The molecular formula is C33H36BNO2. The van der Waals surface area contributed by atoms with Gasteiger partial charge in [-0.25, -0.2) is 0 Å². The Kier molecular flexibility index (Phi) is 4.36. The molecule has 2 bridgehead atoms. The number of benzene rings is 2. The summed E-state index contributed by atoms with van der Waals surface area (Å²) in [6.45, 7) is 8.38. The number of hydrogen-bond donors (Lipinski definition) is 0. The van der Waals surface area contributed by atoms with Crippen LogP contribution in [0.2, 0.25) is 0 Å². The predicted octanol–water partition coefficient (Wildman–Crippen LogP) is 7.03.